The van der Waals surface area contributed by atoms with Gasteiger partial charge in [-0.25, -0.2) is 0 Å². The highest BCUT2D eigenvalue weighted by Crippen LogP contribution is 2.05. The van der Waals surface area contributed by atoms with Gasteiger partial charge in [-0.15, -0.1) is 23.7 Å². The van der Waals surface area contributed by atoms with Crippen LogP contribution in [0, 0.1) is 0 Å². The molecule has 1 N–H and O–H groups in total. The first-order valence-electron chi connectivity index (χ1n) is 5.22. The third-order valence-electron chi connectivity index (χ3n) is 2.55. The average molecular weight is 278 g/mol. The monoisotopic (exact) mass is 277 g/mol. The summed E-state index contributed by atoms with van der Waals surface area (Å²) in [6.45, 7) is 3.24. The summed E-state index contributed by atoms with van der Waals surface area (Å²) in [5.74, 6) is -0.162. The van der Waals surface area contributed by atoms with E-state index in [0.29, 0.717) is 18.0 Å². The van der Waals surface area contributed by atoms with Crippen LogP contribution in [0.3, 0.4) is 0 Å². The Hall–Kier alpha value is -0.690. The highest BCUT2D eigenvalue weighted by molar-refractivity contribution is 7.07. The molecule has 17 heavy (non-hydrogen) atoms. The Bertz CT molecular complexity index is 443. The number of nitrogens with one attached hydrogen (secondary N) is 1. The van der Waals surface area contributed by atoms with Crippen LogP contribution in [0.5, 0.6) is 0 Å². The number of rotatable bonds is 1. The molecule has 7 heteroatoms. The lowest BCUT2D eigenvalue weighted by Crippen LogP contribution is -2.51. The maximum atomic E-state index is 11.9. The topological polar surface area (TPSA) is 55.6 Å². The van der Waals surface area contributed by atoms with Gasteiger partial charge >= 0.3 is 0 Å². The van der Waals surface area contributed by atoms with Crippen LogP contribution in [0.4, 0.5) is 0 Å². The minimum absolute atomic E-state index is 0. The van der Waals surface area contributed by atoms with Gasteiger partial charge in [-0.1, -0.05) is 0 Å². The number of hydrogen-bond donors (Lipinski definition) is 1. The average Bonchev–Trinajstić information content (AvgIpc) is 2.65. The first-order valence-corrected chi connectivity index (χ1v) is 6.10. The number of nitrogens with zero attached hydrogens (tertiary/aromatic N) is 2. The minimum Gasteiger partial charge on any atom is -0.375 e. The summed E-state index contributed by atoms with van der Waals surface area (Å²) in [6, 6.07) is -0.323. The third-order valence-corrected chi connectivity index (χ3v) is 3.40. The van der Waals surface area contributed by atoms with Crippen molar-refractivity contribution in [3.05, 3.63) is 16.4 Å². The number of hydrogen-bond acceptors (Lipinski definition) is 4. The molecule has 0 radical (unpaired) electrons. The van der Waals surface area contributed by atoms with E-state index in [-0.39, 0.29) is 30.5 Å². The number of thiazole rings is 1. The first-order chi connectivity index (χ1) is 7.68. The van der Waals surface area contributed by atoms with Crippen molar-refractivity contribution in [2.75, 3.05) is 13.2 Å². The van der Waals surface area contributed by atoms with Gasteiger partial charge in [0, 0.05) is 25.2 Å². The number of ether oxygens (including phenoxy) is 1. The van der Waals surface area contributed by atoms with Crippen molar-refractivity contribution in [2.24, 2.45) is 12.0 Å². The highest BCUT2D eigenvalue weighted by Gasteiger charge is 2.27. The van der Waals surface area contributed by atoms with Gasteiger partial charge in [0.05, 0.1) is 12.7 Å². The Morgan fingerprint density at radius 3 is 3.06 bits per heavy atom. The second-order valence-corrected chi connectivity index (χ2v) is 4.63. The molecule has 2 atom stereocenters. The predicted octanol–water partition coefficient (Wildman–Crippen LogP) is 0.313. The van der Waals surface area contributed by atoms with Crippen LogP contribution in [0.2, 0.25) is 0 Å². The van der Waals surface area contributed by atoms with Crippen molar-refractivity contribution in [1.29, 1.82) is 0 Å². The molecule has 1 aliphatic rings. The van der Waals surface area contributed by atoms with Crippen molar-refractivity contribution in [1.82, 2.24) is 9.88 Å². The van der Waals surface area contributed by atoms with E-state index in [4.69, 9.17) is 4.74 Å². The highest BCUT2D eigenvalue weighted by atomic mass is 35.5. The molecular formula is C10H16ClN3O2S. The van der Waals surface area contributed by atoms with Gasteiger partial charge in [0.15, 0.2) is 4.80 Å². The van der Waals surface area contributed by atoms with E-state index in [2.05, 4.69) is 10.3 Å². The van der Waals surface area contributed by atoms with E-state index in [1.807, 2.05) is 30.1 Å². The van der Waals surface area contributed by atoms with Crippen molar-refractivity contribution < 1.29 is 9.53 Å². The van der Waals surface area contributed by atoms with Crippen LogP contribution >= 0.6 is 23.7 Å². The largest absolute Gasteiger partial charge is 0.375 e. The Morgan fingerprint density at radius 1 is 1.71 bits per heavy atom. The van der Waals surface area contributed by atoms with E-state index >= 15 is 0 Å². The van der Waals surface area contributed by atoms with Crippen molar-refractivity contribution in [2.45, 2.75) is 19.1 Å². The number of morpholine rings is 1. The fourth-order valence-electron chi connectivity index (χ4n) is 1.61. The number of carbonyl (C=O) groups is 1. The Labute approximate surface area is 110 Å². The number of aromatic nitrogens is 1. The summed E-state index contributed by atoms with van der Waals surface area (Å²) in [6.07, 6.45) is 1.76. The number of carbonyl (C=O) groups excluding carboxylic acids is 1. The van der Waals surface area contributed by atoms with Gasteiger partial charge in [-0.3, -0.25) is 4.79 Å². The Morgan fingerprint density at radius 2 is 2.47 bits per heavy atom. The standard InChI is InChI=1S/C10H15N3O2S.ClH/c1-7-8(11-3-5-15-7)9(14)12-10-13(2)4-6-16-10;/h4,6-8,11H,3,5H2,1-2H3;1H/t7-,8+;/m1./s1. The minimum atomic E-state index is -0.323. The van der Waals surface area contributed by atoms with Gasteiger partial charge in [0.25, 0.3) is 5.91 Å². The summed E-state index contributed by atoms with van der Waals surface area (Å²) < 4.78 is 7.24. The molecule has 0 aliphatic carbocycles. The fourth-order valence-corrected chi connectivity index (χ4v) is 2.34. The molecule has 0 saturated carbocycles. The van der Waals surface area contributed by atoms with Gasteiger partial charge in [0.2, 0.25) is 0 Å². The lowest BCUT2D eigenvalue weighted by molar-refractivity contribution is -0.125. The SMILES string of the molecule is C[C@H]1OCCN[C@@H]1C(=O)N=c1sccn1C.Cl. The van der Waals surface area contributed by atoms with Crippen LogP contribution in [-0.4, -0.2) is 35.8 Å². The molecular weight excluding hydrogens is 262 g/mol. The number of halogens is 1. The van der Waals surface area contributed by atoms with Gasteiger partial charge in [-0.2, -0.15) is 4.99 Å². The first kappa shape index (κ1) is 14.4. The normalized spacial score (nSPS) is 25.4. The fraction of sp³-hybridized carbons (Fsp3) is 0.600. The zero-order chi connectivity index (χ0) is 11.5. The van der Waals surface area contributed by atoms with E-state index < -0.39 is 0 Å². The molecule has 0 bridgehead atoms. The lowest BCUT2D eigenvalue weighted by atomic mass is 10.1. The van der Waals surface area contributed by atoms with Crippen molar-refractivity contribution >= 4 is 29.7 Å². The maximum absolute atomic E-state index is 11.9. The van der Waals surface area contributed by atoms with Crippen LogP contribution in [0.25, 0.3) is 0 Å². The second-order valence-electron chi connectivity index (χ2n) is 3.75. The summed E-state index contributed by atoms with van der Waals surface area (Å²) in [4.78, 5) is 16.7. The molecule has 0 unspecified atom stereocenters. The zero-order valence-electron chi connectivity index (χ0n) is 9.75. The molecule has 1 aromatic rings. The van der Waals surface area contributed by atoms with Crippen LogP contribution in [0.15, 0.2) is 16.6 Å². The number of aryl methyl sites for hydroxylation is 1. The summed E-state index contributed by atoms with van der Waals surface area (Å²) in [7, 11) is 1.87. The quantitative estimate of drug-likeness (QED) is 0.804. The molecule has 96 valence electrons. The van der Waals surface area contributed by atoms with E-state index in [0.717, 1.165) is 0 Å². The molecule has 1 saturated heterocycles. The Kier molecular flexibility index (Phi) is 5.32. The summed E-state index contributed by atoms with van der Waals surface area (Å²) >= 11 is 1.45. The molecule has 0 aromatic carbocycles. The van der Waals surface area contributed by atoms with Crippen molar-refractivity contribution in [3.8, 4) is 0 Å². The molecule has 1 aromatic heterocycles. The van der Waals surface area contributed by atoms with Crippen LogP contribution < -0.4 is 10.1 Å². The smallest absolute Gasteiger partial charge is 0.268 e. The van der Waals surface area contributed by atoms with E-state index in [1.165, 1.54) is 11.3 Å². The summed E-state index contributed by atoms with van der Waals surface area (Å²) in [5, 5.41) is 5.03. The molecule has 5 nitrogen and oxygen atoms in total. The predicted molar refractivity (Wildman–Crippen MR) is 68.3 cm³/mol. The van der Waals surface area contributed by atoms with Gasteiger partial charge < -0.3 is 14.6 Å². The van der Waals surface area contributed by atoms with E-state index in [9.17, 15) is 4.79 Å². The number of amides is 1. The van der Waals surface area contributed by atoms with Gasteiger partial charge in [-0.05, 0) is 6.92 Å². The molecule has 2 rings (SSSR count). The zero-order valence-corrected chi connectivity index (χ0v) is 11.4. The lowest BCUT2D eigenvalue weighted by Gasteiger charge is -2.27. The molecule has 2 heterocycles. The maximum Gasteiger partial charge on any atom is 0.268 e. The molecule has 1 amide bonds. The van der Waals surface area contributed by atoms with E-state index in [1.54, 1.807) is 0 Å². The Balaban J connectivity index is 0.00000144. The summed E-state index contributed by atoms with van der Waals surface area (Å²) in [5.41, 5.74) is 0. The third kappa shape index (κ3) is 3.38. The molecule has 1 fully saturated rings. The van der Waals surface area contributed by atoms with Crippen LogP contribution in [-0.2, 0) is 16.6 Å². The second kappa shape index (κ2) is 6.30. The molecule has 0 spiro atoms. The van der Waals surface area contributed by atoms with Crippen molar-refractivity contribution in [3.63, 3.8) is 0 Å². The van der Waals surface area contributed by atoms with Gasteiger partial charge in [0.1, 0.15) is 6.04 Å². The molecule has 1 aliphatic heterocycles. The van der Waals surface area contributed by atoms with Crippen LogP contribution in [0.1, 0.15) is 6.92 Å².